The number of aryl methyl sites for hydroxylation is 1. The molecule has 0 heterocycles. The number of rotatable bonds is 5. The monoisotopic (exact) mass is 206 g/mol. The molecule has 0 aliphatic heterocycles. The summed E-state index contributed by atoms with van der Waals surface area (Å²) >= 11 is 0. The fourth-order valence-electron chi connectivity index (χ4n) is 1.38. The van der Waals surface area contributed by atoms with Crippen LogP contribution in [0.3, 0.4) is 0 Å². The van der Waals surface area contributed by atoms with Crippen LogP contribution in [0.2, 0.25) is 0 Å². The highest BCUT2D eigenvalue weighted by atomic mass is 16.1. The quantitative estimate of drug-likeness (QED) is 0.724. The van der Waals surface area contributed by atoms with E-state index in [-0.39, 0.29) is 5.91 Å². The third-order valence-corrected chi connectivity index (χ3v) is 2.16. The number of anilines is 1. The minimum atomic E-state index is 0.0639. The van der Waals surface area contributed by atoms with Crippen molar-refractivity contribution in [1.82, 2.24) is 0 Å². The summed E-state index contributed by atoms with van der Waals surface area (Å²) in [6.07, 6.45) is 2.31. The highest BCUT2D eigenvalue weighted by Gasteiger charge is 2.01. The molecule has 0 spiro atoms. The summed E-state index contributed by atoms with van der Waals surface area (Å²) in [6.45, 7) is 2.65. The second kappa shape index (κ2) is 6.19. The van der Waals surface area contributed by atoms with E-state index < -0.39 is 0 Å². The van der Waals surface area contributed by atoms with E-state index in [1.54, 1.807) is 0 Å². The summed E-state index contributed by atoms with van der Waals surface area (Å²) < 4.78 is 0. The van der Waals surface area contributed by atoms with E-state index in [1.165, 1.54) is 0 Å². The van der Waals surface area contributed by atoms with Gasteiger partial charge in [-0.15, -0.1) is 0 Å². The van der Waals surface area contributed by atoms with Crippen molar-refractivity contribution in [3.05, 3.63) is 29.8 Å². The average molecular weight is 206 g/mol. The first-order chi connectivity index (χ1) is 7.22. The Morgan fingerprint density at radius 1 is 1.40 bits per heavy atom. The molecule has 0 aliphatic carbocycles. The third kappa shape index (κ3) is 4.61. The minimum absolute atomic E-state index is 0.0639. The van der Waals surface area contributed by atoms with Crippen molar-refractivity contribution in [3.63, 3.8) is 0 Å². The summed E-state index contributed by atoms with van der Waals surface area (Å²) in [5.41, 5.74) is 7.37. The van der Waals surface area contributed by atoms with Crippen molar-refractivity contribution in [2.75, 3.05) is 11.9 Å². The first-order valence-electron chi connectivity index (χ1n) is 5.29. The molecule has 0 unspecified atom stereocenters. The van der Waals surface area contributed by atoms with Crippen LogP contribution in [0.5, 0.6) is 0 Å². The Bertz CT molecular complexity index is 323. The van der Waals surface area contributed by atoms with Gasteiger partial charge in [0.05, 0.1) is 0 Å². The highest BCUT2D eigenvalue weighted by Crippen LogP contribution is 2.10. The maximum Gasteiger partial charge on any atom is 0.224 e. The van der Waals surface area contributed by atoms with Gasteiger partial charge in [-0.05, 0) is 44.0 Å². The lowest BCUT2D eigenvalue weighted by molar-refractivity contribution is -0.116. The summed E-state index contributed by atoms with van der Waals surface area (Å²) in [6, 6.07) is 7.80. The molecule has 0 aliphatic rings. The molecule has 1 aromatic carbocycles. The minimum Gasteiger partial charge on any atom is -0.330 e. The fraction of sp³-hybridized carbons (Fsp3) is 0.417. The van der Waals surface area contributed by atoms with Gasteiger partial charge in [-0.2, -0.15) is 0 Å². The summed E-state index contributed by atoms with van der Waals surface area (Å²) in [7, 11) is 0. The van der Waals surface area contributed by atoms with Crippen molar-refractivity contribution in [2.24, 2.45) is 5.73 Å². The van der Waals surface area contributed by atoms with Gasteiger partial charge < -0.3 is 11.1 Å². The van der Waals surface area contributed by atoms with Gasteiger partial charge in [-0.3, -0.25) is 4.79 Å². The van der Waals surface area contributed by atoms with Crippen LogP contribution in [-0.2, 0) is 4.79 Å². The number of carbonyl (C=O) groups excluding carboxylic acids is 1. The topological polar surface area (TPSA) is 55.1 Å². The Hall–Kier alpha value is -1.35. The SMILES string of the molecule is Cc1cccc(NC(=O)CCCCN)c1. The maximum atomic E-state index is 11.4. The smallest absolute Gasteiger partial charge is 0.224 e. The molecule has 1 amide bonds. The molecule has 1 aromatic rings. The number of amides is 1. The van der Waals surface area contributed by atoms with E-state index in [0.29, 0.717) is 13.0 Å². The Balaban J connectivity index is 2.37. The van der Waals surface area contributed by atoms with Crippen LogP contribution < -0.4 is 11.1 Å². The van der Waals surface area contributed by atoms with Gasteiger partial charge in [0.1, 0.15) is 0 Å². The molecule has 3 heteroatoms. The van der Waals surface area contributed by atoms with Gasteiger partial charge in [-0.25, -0.2) is 0 Å². The van der Waals surface area contributed by atoms with E-state index in [1.807, 2.05) is 31.2 Å². The zero-order chi connectivity index (χ0) is 11.1. The molecule has 15 heavy (non-hydrogen) atoms. The van der Waals surface area contributed by atoms with Crippen LogP contribution in [-0.4, -0.2) is 12.5 Å². The standard InChI is InChI=1S/C12H18N2O/c1-10-5-4-6-11(9-10)14-12(15)7-2-3-8-13/h4-6,9H,2-3,7-8,13H2,1H3,(H,14,15). The number of nitrogens with one attached hydrogen (secondary N) is 1. The van der Waals surface area contributed by atoms with Crippen molar-refractivity contribution in [3.8, 4) is 0 Å². The zero-order valence-corrected chi connectivity index (χ0v) is 9.12. The average Bonchev–Trinajstić information content (AvgIpc) is 2.18. The van der Waals surface area contributed by atoms with Crippen molar-refractivity contribution in [1.29, 1.82) is 0 Å². The number of hydrogen-bond acceptors (Lipinski definition) is 2. The van der Waals surface area contributed by atoms with E-state index in [4.69, 9.17) is 5.73 Å². The van der Waals surface area contributed by atoms with E-state index >= 15 is 0 Å². The van der Waals surface area contributed by atoms with Crippen LogP contribution >= 0.6 is 0 Å². The molecular formula is C12H18N2O. The molecule has 3 nitrogen and oxygen atoms in total. The fourth-order valence-corrected chi connectivity index (χ4v) is 1.38. The second-order valence-corrected chi connectivity index (χ2v) is 3.66. The first kappa shape index (κ1) is 11.7. The Labute approximate surface area is 90.7 Å². The molecule has 0 radical (unpaired) electrons. The van der Waals surface area contributed by atoms with Crippen LogP contribution in [0.1, 0.15) is 24.8 Å². The highest BCUT2D eigenvalue weighted by molar-refractivity contribution is 5.90. The number of unbranched alkanes of at least 4 members (excludes halogenated alkanes) is 1. The molecule has 82 valence electrons. The van der Waals surface area contributed by atoms with Crippen LogP contribution in [0.4, 0.5) is 5.69 Å². The van der Waals surface area contributed by atoms with E-state index in [0.717, 1.165) is 24.1 Å². The first-order valence-corrected chi connectivity index (χ1v) is 5.29. The Kier molecular flexibility index (Phi) is 4.84. The molecule has 0 bridgehead atoms. The molecule has 0 atom stereocenters. The lowest BCUT2D eigenvalue weighted by atomic mass is 10.2. The van der Waals surface area contributed by atoms with E-state index in [9.17, 15) is 4.79 Å². The lowest BCUT2D eigenvalue weighted by Gasteiger charge is -2.05. The normalized spacial score (nSPS) is 10.0. The second-order valence-electron chi connectivity index (χ2n) is 3.66. The lowest BCUT2D eigenvalue weighted by Crippen LogP contribution is -2.11. The zero-order valence-electron chi connectivity index (χ0n) is 9.12. The summed E-state index contributed by atoms with van der Waals surface area (Å²) in [5, 5.41) is 2.86. The predicted molar refractivity (Wildman–Crippen MR) is 62.7 cm³/mol. The molecule has 0 saturated heterocycles. The van der Waals surface area contributed by atoms with Gasteiger partial charge in [-0.1, -0.05) is 12.1 Å². The number of carbonyl (C=O) groups is 1. The molecule has 0 aromatic heterocycles. The largest absolute Gasteiger partial charge is 0.330 e. The van der Waals surface area contributed by atoms with Gasteiger partial charge >= 0.3 is 0 Å². The van der Waals surface area contributed by atoms with E-state index in [2.05, 4.69) is 5.32 Å². The number of nitrogens with two attached hydrogens (primary N) is 1. The van der Waals surface area contributed by atoms with Crippen molar-refractivity contribution < 1.29 is 4.79 Å². The predicted octanol–water partition coefficient (Wildman–Crippen LogP) is 2.06. The number of hydrogen-bond donors (Lipinski definition) is 2. The summed E-state index contributed by atoms with van der Waals surface area (Å²) in [4.78, 5) is 11.4. The Morgan fingerprint density at radius 2 is 2.20 bits per heavy atom. The molecule has 3 N–H and O–H groups in total. The van der Waals surface area contributed by atoms with Gasteiger partial charge in [0.2, 0.25) is 5.91 Å². The third-order valence-electron chi connectivity index (χ3n) is 2.16. The van der Waals surface area contributed by atoms with Gasteiger partial charge in [0, 0.05) is 12.1 Å². The maximum absolute atomic E-state index is 11.4. The Morgan fingerprint density at radius 3 is 2.87 bits per heavy atom. The van der Waals surface area contributed by atoms with Gasteiger partial charge in [0.15, 0.2) is 0 Å². The van der Waals surface area contributed by atoms with Crippen LogP contribution in [0, 0.1) is 6.92 Å². The molecule has 0 saturated carbocycles. The van der Waals surface area contributed by atoms with Crippen LogP contribution in [0.25, 0.3) is 0 Å². The van der Waals surface area contributed by atoms with Crippen molar-refractivity contribution >= 4 is 11.6 Å². The molecule has 0 fully saturated rings. The molecular weight excluding hydrogens is 188 g/mol. The van der Waals surface area contributed by atoms with Crippen molar-refractivity contribution in [2.45, 2.75) is 26.2 Å². The number of benzene rings is 1. The molecule has 1 rings (SSSR count). The summed E-state index contributed by atoms with van der Waals surface area (Å²) in [5.74, 6) is 0.0639. The van der Waals surface area contributed by atoms with Crippen LogP contribution in [0.15, 0.2) is 24.3 Å². The van der Waals surface area contributed by atoms with Gasteiger partial charge in [0.25, 0.3) is 0 Å².